The Morgan fingerprint density at radius 1 is 1.00 bits per heavy atom. The molecule has 2 N–H and O–H groups in total. The number of benzene rings is 1. The number of rotatable bonds is 7. The van der Waals surface area contributed by atoms with E-state index in [0.717, 1.165) is 44.8 Å². The number of nitrogens with two attached hydrogens (primary N) is 1. The zero-order chi connectivity index (χ0) is 21.9. The summed E-state index contributed by atoms with van der Waals surface area (Å²) in [5.41, 5.74) is 6.71. The molecular weight excluding hydrogens is 408 g/mol. The zero-order valence-electron chi connectivity index (χ0n) is 18.1. The molecule has 0 aliphatic carbocycles. The normalized spacial score (nSPS) is 22.8. The highest BCUT2D eigenvalue weighted by Gasteiger charge is 2.32. The number of hydrogen-bond acceptors (Lipinski definition) is 4. The molecule has 2 atom stereocenters. The highest BCUT2D eigenvalue weighted by atomic mass is 32.2. The summed E-state index contributed by atoms with van der Waals surface area (Å²) in [4.78, 5) is 2.46. The molecule has 0 radical (unpaired) electrons. The van der Waals surface area contributed by atoms with E-state index in [0.29, 0.717) is 37.5 Å². The van der Waals surface area contributed by atoms with Gasteiger partial charge in [0.25, 0.3) is 0 Å². The van der Waals surface area contributed by atoms with Gasteiger partial charge in [-0.3, -0.25) is 0 Å². The fraction of sp³-hybridized carbons (Fsp3) is 0.727. The van der Waals surface area contributed by atoms with Crippen molar-refractivity contribution in [3.05, 3.63) is 35.4 Å². The minimum absolute atomic E-state index is 0.0198. The van der Waals surface area contributed by atoms with Crippen LogP contribution in [0.2, 0.25) is 0 Å². The Morgan fingerprint density at radius 3 is 2.10 bits per heavy atom. The van der Waals surface area contributed by atoms with Crippen LogP contribution in [-0.4, -0.2) is 62.1 Å². The van der Waals surface area contributed by atoms with Crippen LogP contribution in [0.25, 0.3) is 0 Å². The van der Waals surface area contributed by atoms with Crippen molar-refractivity contribution in [3.8, 4) is 0 Å². The summed E-state index contributed by atoms with van der Waals surface area (Å²) in [6.45, 7) is 5.14. The number of sulfonamides is 1. The van der Waals surface area contributed by atoms with Crippen LogP contribution in [0, 0.1) is 17.6 Å². The summed E-state index contributed by atoms with van der Waals surface area (Å²) in [7, 11) is -3.20. The van der Waals surface area contributed by atoms with E-state index in [2.05, 4.69) is 11.8 Å². The van der Waals surface area contributed by atoms with Gasteiger partial charge in [0.2, 0.25) is 10.0 Å². The van der Waals surface area contributed by atoms with Gasteiger partial charge in [-0.1, -0.05) is 0 Å². The van der Waals surface area contributed by atoms with Crippen LogP contribution in [0.3, 0.4) is 0 Å². The van der Waals surface area contributed by atoms with Crippen molar-refractivity contribution in [1.82, 2.24) is 9.21 Å². The summed E-state index contributed by atoms with van der Waals surface area (Å²) in [6, 6.07) is 4.47. The molecule has 1 aromatic rings. The molecule has 2 unspecified atom stereocenters. The molecule has 1 aromatic carbocycles. The van der Waals surface area contributed by atoms with Crippen molar-refractivity contribution in [1.29, 1.82) is 0 Å². The molecule has 30 heavy (non-hydrogen) atoms. The molecule has 2 aliphatic heterocycles. The Hall–Kier alpha value is -1.09. The first-order valence-electron chi connectivity index (χ1n) is 11.0. The first kappa shape index (κ1) is 23.6. The second-order valence-corrected chi connectivity index (χ2v) is 11.1. The molecule has 2 heterocycles. The summed E-state index contributed by atoms with van der Waals surface area (Å²) in [6.07, 6.45) is 6.44. The van der Waals surface area contributed by atoms with Gasteiger partial charge < -0.3 is 10.6 Å². The first-order chi connectivity index (χ1) is 14.1. The molecule has 0 saturated carbocycles. The monoisotopic (exact) mass is 443 g/mol. The fourth-order valence-electron chi connectivity index (χ4n) is 5.04. The first-order valence-corrected chi connectivity index (χ1v) is 12.9. The second-order valence-electron chi connectivity index (χ2n) is 9.11. The van der Waals surface area contributed by atoms with E-state index in [1.165, 1.54) is 22.7 Å². The highest BCUT2D eigenvalue weighted by molar-refractivity contribution is 7.88. The Bertz CT molecular complexity index is 784. The largest absolute Gasteiger partial charge is 0.328 e. The Morgan fingerprint density at radius 2 is 1.57 bits per heavy atom. The minimum Gasteiger partial charge on any atom is -0.328 e. The third kappa shape index (κ3) is 6.22. The van der Waals surface area contributed by atoms with Gasteiger partial charge in [0.05, 0.1) is 6.26 Å². The number of hydrogen-bond donors (Lipinski definition) is 1. The van der Waals surface area contributed by atoms with Crippen LogP contribution in [-0.2, 0) is 10.0 Å². The molecule has 0 spiro atoms. The van der Waals surface area contributed by atoms with E-state index >= 15 is 0 Å². The molecule has 0 bridgehead atoms. The molecule has 170 valence electrons. The van der Waals surface area contributed by atoms with Crippen LogP contribution in [0.15, 0.2) is 18.2 Å². The standard InChI is InChI=1S/C22H35F2N3O2S/c1-16(26-9-7-21(25)8-10-26)3-4-22(18-13-19(23)15-20(24)14-18)17-5-11-27(12-6-17)30(2,28)29/h13-17,21-22H,3-12,25H2,1-2H3. The predicted octanol–water partition coefficient (Wildman–Crippen LogP) is 3.31. The van der Waals surface area contributed by atoms with Crippen molar-refractivity contribution in [2.75, 3.05) is 32.4 Å². The maximum atomic E-state index is 14.0. The Balaban J connectivity index is 1.70. The van der Waals surface area contributed by atoms with E-state index in [1.807, 2.05) is 0 Å². The average Bonchev–Trinajstić information content (AvgIpc) is 2.67. The van der Waals surface area contributed by atoms with Gasteiger partial charge in [0.15, 0.2) is 0 Å². The molecular formula is C22H35F2N3O2S. The summed E-state index contributed by atoms with van der Waals surface area (Å²) in [5, 5.41) is 0. The van der Waals surface area contributed by atoms with Gasteiger partial charge in [-0.2, -0.15) is 0 Å². The summed E-state index contributed by atoms with van der Waals surface area (Å²) >= 11 is 0. The lowest BCUT2D eigenvalue weighted by atomic mass is 9.77. The lowest BCUT2D eigenvalue weighted by Gasteiger charge is -2.38. The SMILES string of the molecule is CC(CCC(c1cc(F)cc(F)c1)C1CCN(S(C)(=O)=O)CC1)N1CCC(N)CC1. The molecule has 8 heteroatoms. The van der Waals surface area contributed by atoms with E-state index in [9.17, 15) is 17.2 Å². The van der Waals surface area contributed by atoms with E-state index in [4.69, 9.17) is 5.73 Å². The van der Waals surface area contributed by atoms with E-state index < -0.39 is 21.7 Å². The van der Waals surface area contributed by atoms with E-state index in [1.54, 1.807) is 0 Å². The van der Waals surface area contributed by atoms with Crippen LogP contribution in [0.1, 0.15) is 56.9 Å². The predicted molar refractivity (Wildman–Crippen MR) is 116 cm³/mol. The van der Waals surface area contributed by atoms with Crippen LogP contribution in [0.5, 0.6) is 0 Å². The fourth-order valence-corrected chi connectivity index (χ4v) is 5.91. The quantitative estimate of drug-likeness (QED) is 0.702. The topological polar surface area (TPSA) is 66.6 Å². The lowest BCUT2D eigenvalue weighted by Crippen LogP contribution is -2.44. The Labute approximate surface area is 179 Å². The molecule has 5 nitrogen and oxygen atoms in total. The molecule has 3 rings (SSSR count). The van der Waals surface area contributed by atoms with Gasteiger partial charge in [-0.05, 0) is 88.1 Å². The van der Waals surface area contributed by atoms with Crippen LogP contribution >= 0.6 is 0 Å². The smallest absolute Gasteiger partial charge is 0.211 e. The van der Waals surface area contributed by atoms with E-state index in [-0.39, 0.29) is 17.9 Å². The highest BCUT2D eigenvalue weighted by Crippen LogP contribution is 2.38. The van der Waals surface area contributed by atoms with Crippen molar-refractivity contribution in [2.24, 2.45) is 11.7 Å². The lowest BCUT2D eigenvalue weighted by molar-refractivity contribution is 0.147. The molecule has 2 saturated heterocycles. The molecule has 0 amide bonds. The number of likely N-dealkylation sites (tertiary alicyclic amines) is 1. The number of piperidine rings is 2. The minimum atomic E-state index is -3.20. The van der Waals surface area contributed by atoms with Gasteiger partial charge in [-0.25, -0.2) is 21.5 Å². The molecule has 2 aliphatic rings. The van der Waals surface area contributed by atoms with Gasteiger partial charge >= 0.3 is 0 Å². The maximum absolute atomic E-state index is 14.0. The van der Waals surface area contributed by atoms with Crippen molar-refractivity contribution < 1.29 is 17.2 Å². The van der Waals surface area contributed by atoms with Gasteiger partial charge in [0, 0.05) is 31.2 Å². The zero-order valence-corrected chi connectivity index (χ0v) is 18.9. The number of nitrogens with zero attached hydrogens (tertiary/aromatic N) is 2. The van der Waals surface area contributed by atoms with Crippen molar-refractivity contribution >= 4 is 10.0 Å². The van der Waals surface area contributed by atoms with Crippen molar-refractivity contribution in [3.63, 3.8) is 0 Å². The van der Waals surface area contributed by atoms with Crippen molar-refractivity contribution in [2.45, 2.75) is 63.5 Å². The second kappa shape index (κ2) is 10.0. The Kier molecular flexibility index (Phi) is 7.87. The van der Waals surface area contributed by atoms with Crippen LogP contribution < -0.4 is 5.73 Å². The number of halogens is 2. The summed E-state index contributed by atoms with van der Waals surface area (Å²) < 4.78 is 53.1. The van der Waals surface area contributed by atoms with Gasteiger partial charge in [-0.15, -0.1) is 0 Å². The summed E-state index contributed by atoms with van der Waals surface area (Å²) in [5.74, 6) is -0.874. The van der Waals surface area contributed by atoms with Crippen LogP contribution in [0.4, 0.5) is 8.78 Å². The molecule has 2 fully saturated rings. The van der Waals surface area contributed by atoms with Gasteiger partial charge in [0.1, 0.15) is 11.6 Å². The third-order valence-electron chi connectivity index (χ3n) is 6.94. The average molecular weight is 444 g/mol. The maximum Gasteiger partial charge on any atom is 0.211 e. The third-order valence-corrected chi connectivity index (χ3v) is 8.25. The molecule has 0 aromatic heterocycles.